The maximum absolute atomic E-state index is 12.8. The van der Waals surface area contributed by atoms with E-state index in [0.717, 1.165) is 30.9 Å². The fourth-order valence-corrected chi connectivity index (χ4v) is 2.66. The van der Waals surface area contributed by atoms with Gasteiger partial charge in [0, 0.05) is 39.3 Å². The minimum Gasteiger partial charge on any atom is -0.346 e. The summed E-state index contributed by atoms with van der Waals surface area (Å²) < 4.78 is 38.3. The van der Waals surface area contributed by atoms with Crippen molar-refractivity contribution in [3.8, 4) is 0 Å². The summed E-state index contributed by atoms with van der Waals surface area (Å²) in [6.45, 7) is 1.15. The van der Waals surface area contributed by atoms with Crippen LogP contribution < -0.4 is 9.80 Å². The lowest BCUT2D eigenvalue weighted by molar-refractivity contribution is -0.141. The van der Waals surface area contributed by atoms with E-state index >= 15 is 0 Å². The number of nitrogens with zero attached hydrogens (tertiary/aromatic N) is 6. The van der Waals surface area contributed by atoms with Crippen LogP contribution in [0.2, 0.25) is 0 Å². The van der Waals surface area contributed by atoms with E-state index in [4.69, 9.17) is 0 Å². The van der Waals surface area contributed by atoms with E-state index in [1.807, 2.05) is 19.0 Å². The Kier molecular flexibility index (Phi) is 4.29. The van der Waals surface area contributed by atoms with Crippen molar-refractivity contribution in [2.45, 2.75) is 24.9 Å². The predicted octanol–water partition coefficient (Wildman–Crippen LogP) is 2.06. The highest BCUT2D eigenvalue weighted by Crippen LogP contribution is 2.30. The highest BCUT2D eigenvalue weighted by atomic mass is 19.4. The Morgan fingerprint density at radius 3 is 2.50 bits per heavy atom. The van der Waals surface area contributed by atoms with Crippen LogP contribution >= 0.6 is 0 Å². The third kappa shape index (κ3) is 3.41. The van der Waals surface area contributed by atoms with Crippen LogP contribution in [0, 0.1) is 0 Å². The third-order valence-electron chi connectivity index (χ3n) is 3.99. The Labute approximate surface area is 136 Å². The van der Waals surface area contributed by atoms with Crippen LogP contribution in [0.5, 0.6) is 0 Å². The first-order chi connectivity index (χ1) is 11.3. The molecule has 3 rings (SSSR count). The van der Waals surface area contributed by atoms with Crippen LogP contribution in [-0.2, 0) is 6.18 Å². The molecule has 0 aliphatic carbocycles. The fourth-order valence-electron chi connectivity index (χ4n) is 2.66. The molecule has 7 nitrogen and oxygen atoms in total. The number of anilines is 2. The molecule has 1 aliphatic rings. The molecule has 0 bridgehead atoms. The van der Waals surface area contributed by atoms with Gasteiger partial charge in [0.2, 0.25) is 11.9 Å². The van der Waals surface area contributed by atoms with Gasteiger partial charge in [-0.1, -0.05) is 0 Å². The van der Waals surface area contributed by atoms with Gasteiger partial charge >= 0.3 is 6.18 Å². The number of piperidine rings is 1. The molecule has 0 radical (unpaired) electrons. The molecule has 2 aromatic rings. The Morgan fingerprint density at radius 1 is 1.21 bits per heavy atom. The van der Waals surface area contributed by atoms with E-state index in [1.54, 1.807) is 4.90 Å². The van der Waals surface area contributed by atoms with Crippen LogP contribution in [0.15, 0.2) is 12.3 Å². The average Bonchev–Trinajstić information content (AvgIpc) is 3.05. The minimum atomic E-state index is -4.46. The number of rotatable bonds is 3. The summed E-state index contributed by atoms with van der Waals surface area (Å²) in [5.74, 6) is 1.75. The van der Waals surface area contributed by atoms with E-state index in [2.05, 4.69) is 25.1 Å². The molecule has 2 aromatic heterocycles. The smallest absolute Gasteiger partial charge is 0.346 e. The van der Waals surface area contributed by atoms with Gasteiger partial charge in [-0.05, 0) is 18.9 Å². The first-order valence-corrected chi connectivity index (χ1v) is 7.59. The number of aromatic nitrogens is 5. The number of nitrogens with one attached hydrogen (secondary N) is 1. The topological polar surface area (TPSA) is 73.8 Å². The van der Waals surface area contributed by atoms with Gasteiger partial charge in [-0.2, -0.15) is 18.2 Å². The van der Waals surface area contributed by atoms with Crippen LogP contribution in [0.4, 0.5) is 25.1 Å². The van der Waals surface area contributed by atoms with Crippen LogP contribution in [-0.4, -0.2) is 52.3 Å². The molecule has 0 amide bonds. The zero-order valence-corrected chi connectivity index (χ0v) is 13.4. The van der Waals surface area contributed by atoms with Gasteiger partial charge < -0.3 is 9.80 Å². The number of hydrogen-bond donors (Lipinski definition) is 1. The van der Waals surface area contributed by atoms with Crippen LogP contribution in [0.25, 0.3) is 0 Å². The highest BCUT2D eigenvalue weighted by molar-refractivity contribution is 5.32. The molecule has 0 unspecified atom stereocenters. The largest absolute Gasteiger partial charge is 0.433 e. The lowest BCUT2D eigenvalue weighted by Crippen LogP contribution is -2.34. The number of H-pyrrole nitrogens is 1. The first kappa shape index (κ1) is 16.5. The Hall–Kier alpha value is -2.39. The third-order valence-corrected chi connectivity index (χ3v) is 3.99. The van der Waals surface area contributed by atoms with Crippen molar-refractivity contribution < 1.29 is 13.2 Å². The van der Waals surface area contributed by atoms with E-state index in [-0.39, 0.29) is 11.9 Å². The maximum atomic E-state index is 12.8. The summed E-state index contributed by atoms with van der Waals surface area (Å²) in [5.41, 5.74) is -0.916. The van der Waals surface area contributed by atoms with Gasteiger partial charge in [-0.3, -0.25) is 5.10 Å². The lowest BCUT2D eigenvalue weighted by Gasteiger charge is -2.31. The Balaban J connectivity index is 1.66. The molecule has 0 aromatic carbocycles. The minimum absolute atomic E-state index is 0.120. The lowest BCUT2D eigenvalue weighted by atomic mass is 9.96. The summed E-state index contributed by atoms with van der Waals surface area (Å²) in [6.07, 6.45) is -1.81. The molecule has 24 heavy (non-hydrogen) atoms. The van der Waals surface area contributed by atoms with Crippen molar-refractivity contribution in [1.82, 2.24) is 25.1 Å². The molecule has 1 aliphatic heterocycles. The summed E-state index contributed by atoms with van der Waals surface area (Å²) in [6, 6.07) is 0.882. The number of hydrogen-bond acceptors (Lipinski definition) is 6. The molecule has 130 valence electrons. The number of halogens is 3. The maximum Gasteiger partial charge on any atom is 0.433 e. The van der Waals surface area contributed by atoms with Gasteiger partial charge in [0.15, 0.2) is 0 Å². The van der Waals surface area contributed by atoms with Crippen LogP contribution in [0.3, 0.4) is 0 Å². The monoisotopic (exact) mass is 341 g/mol. The predicted molar refractivity (Wildman–Crippen MR) is 81.9 cm³/mol. The Bertz CT molecular complexity index is 690. The molecule has 0 saturated carbocycles. The fraction of sp³-hybridized carbons (Fsp3) is 0.571. The molecule has 1 fully saturated rings. The van der Waals surface area contributed by atoms with Crippen molar-refractivity contribution in [3.63, 3.8) is 0 Å². The van der Waals surface area contributed by atoms with Gasteiger partial charge in [0.25, 0.3) is 0 Å². The van der Waals surface area contributed by atoms with E-state index < -0.39 is 11.9 Å². The number of alkyl halides is 3. The first-order valence-electron chi connectivity index (χ1n) is 7.59. The average molecular weight is 341 g/mol. The van der Waals surface area contributed by atoms with Gasteiger partial charge in [0.05, 0.1) is 0 Å². The van der Waals surface area contributed by atoms with Crippen molar-refractivity contribution in [3.05, 3.63) is 23.8 Å². The van der Waals surface area contributed by atoms with E-state index in [0.29, 0.717) is 19.0 Å². The van der Waals surface area contributed by atoms with E-state index in [1.165, 1.54) is 0 Å². The van der Waals surface area contributed by atoms with Crippen molar-refractivity contribution in [1.29, 1.82) is 0 Å². The molecule has 0 atom stereocenters. The quantitative estimate of drug-likeness (QED) is 0.921. The second-order valence-electron chi connectivity index (χ2n) is 5.92. The highest BCUT2D eigenvalue weighted by Gasteiger charge is 2.33. The van der Waals surface area contributed by atoms with Crippen molar-refractivity contribution >= 4 is 11.9 Å². The zero-order chi connectivity index (χ0) is 17.3. The second-order valence-corrected chi connectivity index (χ2v) is 5.92. The van der Waals surface area contributed by atoms with Crippen molar-refractivity contribution in [2.24, 2.45) is 0 Å². The standard InChI is InChI=1S/C14H18F3N7/c1-23(2)13-20-11(21-22-13)9-4-7-24(8-5-9)12-18-6-3-10(19-12)14(15,16)17/h3,6,9H,4-5,7-8H2,1-2H3,(H,20,21,22). The van der Waals surface area contributed by atoms with Gasteiger partial charge in [0.1, 0.15) is 11.5 Å². The second kappa shape index (κ2) is 6.25. The van der Waals surface area contributed by atoms with E-state index in [9.17, 15) is 13.2 Å². The molecular weight excluding hydrogens is 323 g/mol. The van der Waals surface area contributed by atoms with Gasteiger partial charge in [-0.15, -0.1) is 5.10 Å². The SMILES string of the molecule is CN(C)c1n[nH]c(C2CCN(c3nccc(C(F)(F)F)n3)CC2)n1. The molecule has 1 N–H and O–H groups in total. The normalized spacial score (nSPS) is 16.5. The molecule has 3 heterocycles. The summed E-state index contributed by atoms with van der Waals surface area (Å²) >= 11 is 0. The zero-order valence-electron chi connectivity index (χ0n) is 13.4. The molecule has 1 saturated heterocycles. The molecule has 0 spiro atoms. The van der Waals surface area contributed by atoms with Crippen molar-refractivity contribution in [2.75, 3.05) is 37.0 Å². The summed E-state index contributed by atoms with van der Waals surface area (Å²) in [4.78, 5) is 15.6. The number of aromatic amines is 1. The van der Waals surface area contributed by atoms with Crippen LogP contribution in [0.1, 0.15) is 30.3 Å². The summed E-state index contributed by atoms with van der Waals surface area (Å²) in [7, 11) is 3.72. The Morgan fingerprint density at radius 2 is 1.92 bits per heavy atom. The van der Waals surface area contributed by atoms with Gasteiger partial charge in [-0.25, -0.2) is 9.97 Å². The summed E-state index contributed by atoms with van der Waals surface area (Å²) in [5, 5.41) is 7.07. The molecular formula is C14H18F3N7. The molecule has 10 heteroatoms.